The van der Waals surface area contributed by atoms with E-state index in [0.717, 1.165) is 35.7 Å². The number of aryl methyl sites for hydroxylation is 2. The molecule has 110 valence electrons. The summed E-state index contributed by atoms with van der Waals surface area (Å²) in [7, 11) is 0. The third kappa shape index (κ3) is 2.71. The first-order chi connectivity index (χ1) is 10.2. The van der Waals surface area contributed by atoms with Gasteiger partial charge in [0.15, 0.2) is 0 Å². The Morgan fingerprint density at radius 3 is 3.05 bits per heavy atom. The van der Waals surface area contributed by atoms with Gasteiger partial charge >= 0.3 is 0 Å². The van der Waals surface area contributed by atoms with Crippen molar-refractivity contribution in [1.29, 1.82) is 0 Å². The summed E-state index contributed by atoms with van der Waals surface area (Å²) in [5, 5.41) is 4.41. The Labute approximate surface area is 124 Å². The number of rotatable bonds is 4. The highest BCUT2D eigenvalue weighted by Gasteiger charge is 2.27. The highest BCUT2D eigenvalue weighted by molar-refractivity contribution is 5.88. The standard InChI is InChI=1S/C17H20N2O2/c1-3-19-13(10-12(2)18-19)11-16(20)14-8-9-21-17-7-5-4-6-15(14)17/h4-7,10,14H,3,8-9,11H2,1-2H3. The summed E-state index contributed by atoms with van der Waals surface area (Å²) >= 11 is 0. The summed E-state index contributed by atoms with van der Waals surface area (Å²) in [6, 6.07) is 9.86. The lowest BCUT2D eigenvalue weighted by atomic mass is 9.87. The largest absolute Gasteiger partial charge is 0.493 e. The molecule has 4 heteroatoms. The Balaban J connectivity index is 1.83. The maximum absolute atomic E-state index is 12.7. The number of ketones is 1. The zero-order valence-corrected chi connectivity index (χ0v) is 12.5. The van der Waals surface area contributed by atoms with Crippen LogP contribution in [-0.2, 0) is 17.8 Å². The minimum atomic E-state index is -0.0598. The van der Waals surface area contributed by atoms with Crippen molar-refractivity contribution in [3.63, 3.8) is 0 Å². The van der Waals surface area contributed by atoms with E-state index < -0.39 is 0 Å². The van der Waals surface area contributed by atoms with Crippen LogP contribution in [0.1, 0.15) is 36.2 Å². The fourth-order valence-corrected chi connectivity index (χ4v) is 2.99. The molecule has 1 aromatic heterocycles. The predicted octanol–water partition coefficient (Wildman–Crippen LogP) is 2.89. The summed E-state index contributed by atoms with van der Waals surface area (Å²) in [5.41, 5.74) is 2.99. The van der Waals surface area contributed by atoms with Gasteiger partial charge in [-0.2, -0.15) is 5.10 Å². The first-order valence-electron chi connectivity index (χ1n) is 7.46. The average molecular weight is 284 g/mol. The highest BCUT2D eigenvalue weighted by atomic mass is 16.5. The molecule has 0 radical (unpaired) electrons. The first kappa shape index (κ1) is 13.9. The number of hydrogen-bond donors (Lipinski definition) is 0. The fourth-order valence-electron chi connectivity index (χ4n) is 2.99. The van der Waals surface area contributed by atoms with Crippen LogP contribution in [0, 0.1) is 6.92 Å². The van der Waals surface area contributed by atoms with Crippen LogP contribution in [0.5, 0.6) is 5.75 Å². The van der Waals surface area contributed by atoms with Crippen molar-refractivity contribution in [3.05, 3.63) is 47.3 Å². The molecule has 0 bridgehead atoms. The monoisotopic (exact) mass is 284 g/mol. The highest BCUT2D eigenvalue weighted by Crippen LogP contribution is 2.34. The van der Waals surface area contributed by atoms with E-state index in [0.29, 0.717) is 13.0 Å². The van der Waals surface area contributed by atoms with Crippen LogP contribution in [0.3, 0.4) is 0 Å². The molecule has 4 nitrogen and oxygen atoms in total. The van der Waals surface area contributed by atoms with E-state index in [1.807, 2.05) is 48.9 Å². The molecule has 0 fully saturated rings. The van der Waals surface area contributed by atoms with Crippen LogP contribution >= 0.6 is 0 Å². The molecule has 0 saturated heterocycles. The van der Waals surface area contributed by atoms with Gasteiger partial charge in [-0.25, -0.2) is 0 Å². The molecule has 0 amide bonds. The topological polar surface area (TPSA) is 44.1 Å². The molecule has 3 rings (SSSR count). The molecule has 1 unspecified atom stereocenters. The van der Waals surface area contributed by atoms with Crippen molar-refractivity contribution in [3.8, 4) is 5.75 Å². The predicted molar refractivity (Wildman–Crippen MR) is 80.6 cm³/mol. The molecule has 2 heterocycles. The summed E-state index contributed by atoms with van der Waals surface area (Å²) < 4.78 is 7.55. The number of Topliss-reactive ketones (excluding diaryl/α,β-unsaturated/α-hetero) is 1. The molecule has 21 heavy (non-hydrogen) atoms. The van der Waals surface area contributed by atoms with Gasteiger partial charge in [0.2, 0.25) is 0 Å². The van der Waals surface area contributed by atoms with Crippen LogP contribution in [0.15, 0.2) is 30.3 Å². The number of carbonyl (C=O) groups is 1. The molecular formula is C17H20N2O2. The number of nitrogens with zero attached hydrogens (tertiary/aromatic N) is 2. The summed E-state index contributed by atoms with van der Waals surface area (Å²) in [6.07, 6.45) is 1.20. The number of hydrogen-bond acceptors (Lipinski definition) is 3. The van der Waals surface area contributed by atoms with Gasteiger partial charge in [-0.05, 0) is 32.4 Å². The zero-order valence-electron chi connectivity index (χ0n) is 12.5. The van der Waals surface area contributed by atoms with Crippen LogP contribution in [0.25, 0.3) is 0 Å². The number of aromatic nitrogens is 2. The van der Waals surface area contributed by atoms with Gasteiger partial charge in [-0.15, -0.1) is 0 Å². The van der Waals surface area contributed by atoms with E-state index in [4.69, 9.17) is 4.74 Å². The maximum Gasteiger partial charge on any atom is 0.146 e. The third-order valence-electron chi connectivity index (χ3n) is 3.99. The van der Waals surface area contributed by atoms with Crippen molar-refractivity contribution >= 4 is 5.78 Å². The second kappa shape index (κ2) is 5.72. The van der Waals surface area contributed by atoms with Gasteiger partial charge < -0.3 is 4.74 Å². The van der Waals surface area contributed by atoms with Crippen LogP contribution in [0.2, 0.25) is 0 Å². The second-order valence-corrected chi connectivity index (χ2v) is 5.46. The van der Waals surface area contributed by atoms with Gasteiger partial charge in [0.05, 0.1) is 12.3 Å². The quantitative estimate of drug-likeness (QED) is 0.867. The second-order valence-electron chi connectivity index (χ2n) is 5.46. The lowest BCUT2D eigenvalue weighted by molar-refractivity contribution is -0.120. The van der Waals surface area contributed by atoms with Crippen molar-refractivity contribution in [2.75, 3.05) is 6.61 Å². The molecule has 0 spiro atoms. The van der Waals surface area contributed by atoms with Gasteiger partial charge in [-0.1, -0.05) is 18.2 Å². The van der Waals surface area contributed by atoms with E-state index in [-0.39, 0.29) is 11.7 Å². The molecule has 2 aromatic rings. The average Bonchev–Trinajstić information content (AvgIpc) is 2.86. The van der Waals surface area contributed by atoms with Crippen LogP contribution in [-0.4, -0.2) is 22.2 Å². The summed E-state index contributed by atoms with van der Waals surface area (Å²) in [5.74, 6) is 1.04. The van der Waals surface area contributed by atoms with E-state index in [1.165, 1.54) is 0 Å². The Morgan fingerprint density at radius 1 is 1.43 bits per heavy atom. The Kier molecular flexibility index (Phi) is 3.78. The molecule has 0 aliphatic carbocycles. The van der Waals surface area contributed by atoms with Crippen LogP contribution in [0.4, 0.5) is 0 Å². The Hall–Kier alpha value is -2.10. The normalized spacial score (nSPS) is 17.1. The molecule has 1 atom stereocenters. The fraction of sp³-hybridized carbons (Fsp3) is 0.412. The lowest BCUT2D eigenvalue weighted by Gasteiger charge is -2.24. The van der Waals surface area contributed by atoms with Crippen molar-refractivity contribution in [1.82, 2.24) is 9.78 Å². The van der Waals surface area contributed by atoms with Crippen molar-refractivity contribution in [2.24, 2.45) is 0 Å². The van der Waals surface area contributed by atoms with E-state index in [9.17, 15) is 4.79 Å². The molecule has 0 N–H and O–H groups in total. The number of ether oxygens (including phenoxy) is 1. The Morgan fingerprint density at radius 2 is 2.24 bits per heavy atom. The van der Waals surface area contributed by atoms with E-state index in [2.05, 4.69) is 5.10 Å². The van der Waals surface area contributed by atoms with Gasteiger partial charge in [0, 0.05) is 30.1 Å². The minimum Gasteiger partial charge on any atom is -0.493 e. The smallest absolute Gasteiger partial charge is 0.146 e. The van der Waals surface area contributed by atoms with Gasteiger partial charge in [-0.3, -0.25) is 9.48 Å². The number of para-hydroxylation sites is 1. The number of benzene rings is 1. The first-order valence-corrected chi connectivity index (χ1v) is 7.46. The SMILES string of the molecule is CCn1nc(C)cc1CC(=O)C1CCOc2ccccc21. The third-order valence-corrected chi connectivity index (χ3v) is 3.99. The van der Waals surface area contributed by atoms with Gasteiger partial charge in [0.1, 0.15) is 11.5 Å². The van der Waals surface area contributed by atoms with Crippen molar-refractivity contribution in [2.45, 2.75) is 39.2 Å². The minimum absolute atomic E-state index is 0.0598. The molecular weight excluding hydrogens is 264 g/mol. The molecule has 1 aromatic carbocycles. The number of fused-ring (bicyclic) bond motifs is 1. The molecule has 0 saturated carbocycles. The van der Waals surface area contributed by atoms with E-state index >= 15 is 0 Å². The zero-order chi connectivity index (χ0) is 14.8. The van der Waals surface area contributed by atoms with Crippen molar-refractivity contribution < 1.29 is 9.53 Å². The lowest BCUT2D eigenvalue weighted by Crippen LogP contribution is -2.23. The van der Waals surface area contributed by atoms with Crippen LogP contribution < -0.4 is 4.74 Å². The maximum atomic E-state index is 12.7. The Bertz CT molecular complexity index is 661. The molecule has 1 aliphatic heterocycles. The summed E-state index contributed by atoms with van der Waals surface area (Å²) in [6.45, 7) is 5.41. The van der Waals surface area contributed by atoms with Gasteiger partial charge in [0.25, 0.3) is 0 Å². The van der Waals surface area contributed by atoms with E-state index in [1.54, 1.807) is 0 Å². The molecule has 1 aliphatic rings. The summed E-state index contributed by atoms with van der Waals surface area (Å²) in [4.78, 5) is 12.7. The number of carbonyl (C=O) groups excluding carboxylic acids is 1.